The summed E-state index contributed by atoms with van der Waals surface area (Å²) in [7, 11) is 0. The minimum Gasteiger partial charge on any atom is -0.347 e. The number of fused-ring (bicyclic) bond motifs is 1. The summed E-state index contributed by atoms with van der Waals surface area (Å²) in [6.45, 7) is 6.91. The van der Waals surface area contributed by atoms with Gasteiger partial charge in [-0.05, 0) is 81.4 Å². The molecule has 0 atom stereocenters. The maximum atomic E-state index is 3.94. The molecule has 1 saturated heterocycles. The molecule has 2 aromatic heterocycles. The smallest absolute Gasteiger partial charge is 0.123 e. The fraction of sp³-hybridized carbons (Fsp3) is 0.385. The van der Waals surface area contributed by atoms with Crippen LogP contribution in [0, 0.1) is 12.8 Å². The second-order valence-electron chi connectivity index (χ2n) is 8.90. The van der Waals surface area contributed by atoms with Crippen molar-refractivity contribution in [2.75, 3.05) is 19.6 Å². The Morgan fingerprint density at radius 1 is 0.909 bits per heavy atom. The summed E-state index contributed by atoms with van der Waals surface area (Å²) >= 11 is 0. The molecule has 2 aromatic carbocycles. The zero-order valence-electron chi connectivity index (χ0n) is 19.1. The predicted octanol–water partition coefficient (Wildman–Crippen LogP) is 5.72. The average molecular weight is 486 g/mol. The highest BCUT2D eigenvalue weighted by atomic mass is 35.5. The van der Waals surface area contributed by atoms with Gasteiger partial charge in [0.15, 0.2) is 0 Å². The number of nitrogens with zero attached hydrogens (tertiary/aromatic N) is 5. The number of rotatable bonds is 7. The van der Waals surface area contributed by atoms with Gasteiger partial charge in [-0.3, -0.25) is 4.57 Å². The first-order valence-electron chi connectivity index (χ1n) is 11.5. The van der Waals surface area contributed by atoms with Gasteiger partial charge in [0.05, 0.1) is 11.2 Å². The number of aromatic nitrogens is 4. The Hall–Kier alpha value is -2.34. The van der Waals surface area contributed by atoms with Gasteiger partial charge in [0, 0.05) is 18.1 Å². The van der Waals surface area contributed by atoms with Gasteiger partial charge in [-0.1, -0.05) is 36.4 Å². The Bertz CT molecular complexity index is 1120. The van der Waals surface area contributed by atoms with Crippen LogP contribution >= 0.6 is 24.8 Å². The lowest BCUT2D eigenvalue weighted by molar-refractivity contribution is 0.180. The van der Waals surface area contributed by atoms with Crippen molar-refractivity contribution in [1.29, 1.82) is 0 Å². The maximum Gasteiger partial charge on any atom is 0.123 e. The van der Waals surface area contributed by atoms with Gasteiger partial charge < -0.3 is 9.47 Å². The molecule has 33 heavy (non-hydrogen) atoms. The van der Waals surface area contributed by atoms with Crippen molar-refractivity contribution in [3.63, 3.8) is 0 Å². The van der Waals surface area contributed by atoms with E-state index in [1.165, 1.54) is 67.3 Å². The minimum absolute atomic E-state index is 0. The van der Waals surface area contributed by atoms with E-state index in [0.29, 0.717) is 0 Å². The first-order valence-corrected chi connectivity index (χ1v) is 11.5. The molecule has 0 N–H and O–H groups in total. The van der Waals surface area contributed by atoms with E-state index in [-0.39, 0.29) is 24.8 Å². The number of benzene rings is 2. The van der Waals surface area contributed by atoms with E-state index in [9.17, 15) is 0 Å². The first kappa shape index (κ1) is 25.3. The van der Waals surface area contributed by atoms with E-state index in [1.54, 1.807) is 12.7 Å². The van der Waals surface area contributed by atoms with Gasteiger partial charge in [0.2, 0.25) is 0 Å². The van der Waals surface area contributed by atoms with Gasteiger partial charge in [-0.15, -0.1) is 35.0 Å². The van der Waals surface area contributed by atoms with Gasteiger partial charge >= 0.3 is 0 Å². The van der Waals surface area contributed by atoms with Crippen LogP contribution in [0.4, 0.5) is 0 Å². The molecule has 5 rings (SSSR count). The van der Waals surface area contributed by atoms with Crippen LogP contribution in [0.5, 0.6) is 0 Å². The highest BCUT2D eigenvalue weighted by Crippen LogP contribution is 2.25. The molecule has 0 amide bonds. The third-order valence-electron chi connectivity index (χ3n) is 6.73. The van der Waals surface area contributed by atoms with E-state index < -0.39 is 0 Å². The fourth-order valence-electron chi connectivity index (χ4n) is 4.97. The van der Waals surface area contributed by atoms with Crippen LogP contribution in [0.1, 0.15) is 30.4 Å². The van der Waals surface area contributed by atoms with E-state index in [2.05, 4.69) is 81.3 Å². The molecular weight excluding hydrogens is 453 g/mol. The van der Waals surface area contributed by atoms with Crippen LogP contribution in [0.25, 0.3) is 16.6 Å². The highest BCUT2D eigenvalue weighted by molar-refractivity contribution is 5.86. The molecule has 1 aliphatic rings. The Morgan fingerprint density at radius 2 is 1.64 bits per heavy atom. The molecule has 176 valence electrons. The molecule has 0 unspecified atom stereocenters. The van der Waals surface area contributed by atoms with Crippen LogP contribution in [0.2, 0.25) is 0 Å². The minimum atomic E-state index is 0. The highest BCUT2D eigenvalue weighted by Gasteiger charge is 2.19. The molecule has 1 fully saturated rings. The van der Waals surface area contributed by atoms with Crippen LogP contribution in [-0.2, 0) is 13.0 Å². The molecule has 3 heterocycles. The standard InChI is InChI=1S/C26H31N5.2ClH/c1-21-18-30(26-17-24(8-9-25(21)26)31-19-27-28-20-31)13-5-12-29-14-10-23(11-15-29)16-22-6-3-2-4-7-22;;/h2-4,6-9,17-20,23H,5,10-16H2,1H3;2*1H. The number of halogens is 2. The van der Waals surface area contributed by atoms with Crippen molar-refractivity contribution < 1.29 is 0 Å². The topological polar surface area (TPSA) is 38.9 Å². The predicted molar refractivity (Wildman–Crippen MR) is 140 cm³/mol. The lowest BCUT2D eigenvalue weighted by Gasteiger charge is -2.32. The Labute approximate surface area is 208 Å². The Balaban J connectivity index is 0.00000153. The summed E-state index contributed by atoms with van der Waals surface area (Å²) in [6.07, 6.45) is 10.9. The van der Waals surface area contributed by atoms with Crippen molar-refractivity contribution in [3.8, 4) is 5.69 Å². The fourth-order valence-corrected chi connectivity index (χ4v) is 4.97. The van der Waals surface area contributed by atoms with Gasteiger partial charge in [-0.25, -0.2) is 0 Å². The Morgan fingerprint density at radius 3 is 2.36 bits per heavy atom. The number of hydrogen-bond acceptors (Lipinski definition) is 3. The lowest BCUT2D eigenvalue weighted by atomic mass is 9.90. The van der Waals surface area contributed by atoms with Crippen molar-refractivity contribution >= 4 is 35.7 Å². The molecular formula is C26H33Cl2N5. The molecule has 0 radical (unpaired) electrons. The van der Waals surface area contributed by atoms with Crippen LogP contribution in [0.3, 0.4) is 0 Å². The number of hydrogen-bond donors (Lipinski definition) is 0. The van der Waals surface area contributed by atoms with Crippen molar-refractivity contribution in [1.82, 2.24) is 24.2 Å². The van der Waals surface area contributed by atoms with E-state index >= 15 is 0 Å². The zero-order valence-corrected chi connectivity index (χ0v) is 20.8. The molecule has 4 aromatic rings. The second-order valence-corrected chi connectivity index (χ2v) is 8.90. The third kappa shape index (κ3) is 5.97. The van der Waals surface area contributed by atoms with Crippen LogP contribution in [0.15, 0.2) is 67.4 Å². The van der Waals surface area contributed by atoms with Gasteiger partial charge in [0.25, 0.3) is 0 Å². The normalized spacial score (nSPS) is 14.7. The molecule has 1 aliphatic heterocycles. The molecule has 0 spiro atoms. The van der Waals surface area contributed by atoms with E-state index in [0.717, 1.165) is 18.2 Å². The summed E-state index contributed by atoms with van der Waals surface area (Å²) in [4.78, 5) is 2.66. The summed E-state index contributed by atoms with van der Waals surface area (Å²) < 4.78 is 4.38. The lowest BCUT2D eigenvalue weighted by Crippen LogP contribution is -2.35. The number of likely N-dealkylation sites (tertiary alicyclic amines) is 1. The zero-order chi connectivity index (χ0) is 21.0. The summed E-state index contributed by atoms with van der Waals surface area (Å²) in [5.41, 5.74) is 5.23. The molecule has 7 heteroatoms. The first-order chi connectivity index (χ1) is 15.3. The largest absolute Gasteiger partial charge is 0.347 e. The maximum absolute atomic E-state index is 3.94. The molecule has 0 saturated carbocycles. The molecule has 0 aliphatic carbocycles. The van der Waals surface area contributed by atoms with Crippen molar-refractivity contribution in [2.24, 2.45) is 5.92 Å². The average Bonchev–Trinajstić information content (AvgIpc) is 3.44. The summed E-state index contributed by atoms with van der Waals surface area (Å²) in [5, 5.41) is 9.21. The van der Waals surface area contributed by atoms with Crippen LogP contribution < -0.4 is 0 Å². The van der Waals surface area contributed by atoms with Gasteiger partial charge in [0.1, 0.15) is 12.7 Å². The van der Waals surface area contributed by atoms with Crippen molar-refractivity contribution in [2.45, 2.75) is 39.2 Å². The Kier molecular flexibility index (Phi) is 8.95. The number of aryl methyl sites for hydroxylation is 2. The van der Waals surface area contributed by atoms with E-state index in [1.807, 2.05) is 4.57 Å². The summed E-state index contributed by atoms with van der Waals surface area (Å²) in [6, 6.07) is 17.6. The second kappa shape index (κ2) is 11.7. The third-order valence-corrected chi connectivity index (χ3v) is 6.73. The SMILES string of the molecule is Cc1cn(CCCN2CCC(Cc3ccccc3)CC2)c2cc(-n3cnnc3)ccc12.Cl.Cl. The van der Waals surface area contributed by atoms with Gasteiger partial charge in [-0.2, -0.15) is 0 Å². The number of piperidine rings is 1. The molecule has 5 nitrogen and oxygen atoms in total. The van der Waals surface area contributed by atoms with Crippen molar-refractivity contribution in [3.05, 3.63) is 78.5 Å². The van der Waals surface area contributed by atoms with Crippen LogP contribution in [-0.4, -0.2) is 43.9 Å². The quantitative estimate of drug-likeness (QED) is 0.336. The monoisotopic (exact) mass is 485 g/mol. The molecule has 0 bridgehead atoms. The van der Waals surface area contributed by atoms with E-state index in [4.69, 9.17) is 0 Å². The summed E-state index contributed by atoms with van der Waals surface area (Å²) in [5.74, 6) is 0.839.